The second-order valence-corrected chi connectivity index (χ2v) is 2.93. The highest BCUT2D eigenvalue weighted by Crippen LogP contribution is 2.23. The van der Waals surface area contributed by atoms with Gasteiger partial charge in [0.25, 0.3) is 0 Å². The van der Waals surface area contributed by atoms with E-state index in [2.05, 4.69) is 0 Å². The highest BCUT2D eigenvalue weighted by molar-refractivity contribution is 6.33. The van der Waals surface area contributed by atoms with Crippen LogP contribution in [0.5, 0.6) is 0 Å². The van der Waals surface area contributed by atoms with Crippen LogP contribution in [0, 0.1) is 6.92 Å². The Kier molecular flexibility index (Phi) is 2.37. The maximum Gasteiger partial charge on any atom is 0.0641 e. The molecule has 0 aliphatic heterocycles. The molecule has 0 aromatic heterocycles. The standard InChI is InChI=1S/C8H11ClN2/c1-5-2-6(4-10)8(11)7(9)3-5/h2-3H,4,10-11H2,1H3. The molecule has 0 radical (unpaired) electrons. The zero-order valence-electron chi connectivity index (χ0n) is 6.39. The number of nitrogens with two attached hydrogens (primary N) is 2. The highest BCUT2D eigenvalue weighted by atomic mass is 35.5. The molecule has 0 aliphatic carbocycles. The number of hydrogen-bond acceptors (Lipinski definition) is 2. The van der Waals surface area contributed by atoms with Crippen LogP contribution in [-0.2, 0) is 6.54 Å². The zero-order chi connectivity index (χ0) is 8.43. The molecule has 1 aromatic carbocycles. The lowest BCUT2D eigenvalue weighted by molar-refractivity contribution is 1.07. The van der Waals surface area contributed by atoms with Crippen molar-refractivity contribution in [2.75, 3.05) is 5.73 Å². The first-order valence-corrected chi connectivity index (χ1v) is 3.77. The number of anilines is 1. The first kappa shape index (κ1) is 8.37. The predicted octanol–water partition coefficient (Wildman–Crippen LogP) is 1.69. The molecule has 11 heavy (non-hydrogen) atoms. The van der Waals surface area contributed by atoms with E-state index in [4.69, 9.17) is 23.1 Å². The van der Waals surface area contributed by atoms with E-state index in [1.54, 1.807) is 0 Å². The van der Waals surface area contributed by atoms with E-state index in [9.17, 15) is 0 Å². The van der Waals surface area contributed by atoms with E-state index in [1.807, 2.05) is 19.1 Å². The topological polar surface area (TPSA) is 52.0 Å². The zero-order valence-corrected chi connectivity index (χ0v) is 7.15. The number of halogens is 1. The van der Waals surface area contributed by atoms with Crippen molar-refractivity contribution in [2.45, 2.75) is 13.5 Å². The van der Waals surface area contributed by atoms with E-state index >= 15 is 0 Å². The molecule has 0 saturated carbocycles. The lowest BCUT2D eigenvalue weighted by Gasteiger charge is -2.05. The fourth-order valence-electron chi connectivity index (χ4n) is 0.994. The van der Waals surface area contributed by atoms with Crippen LogP contribution in [0.4, 0.5) is 5.69 Å². The molecule has 0 unspecified atom stereocenters. The fourth-order valence-corrected chi connectivity index (χ4v) is 1.29. The highest BCUT2D eigenvalue weighted by Gasteiger charge is 2.01. The van der Waals surface area contributed by atoms with Crippen molar-refractivity contribution < 1.29 is 0 Å². The molecule has 0 bridgehead atoms. The minimum absolute atomic E-state index is 0.438. The van der Waals surface area contributed by atoms with Gasteiger partial charge in [0.1, 0.15) is 0 Å². The van der Waals surface area contributed by atoms with E-state index in [-0.39, 0.29) is 0 Å². The summed E-state index contributed by atoms with van der Waals surface area (Å²) in [6, 6.07) is 3.78. The first-order valence-electron chi connectivity index (χ1n) is 3.39. The van der Waals surface area contributed by atoms with Gasteiger partial charge in [-0.25, -0.2) is 0 Å². The van der Waals surface area contributed by atoms with E-state index in [1.165, 1.54) is 0 Å². The van der Waals surface area contributed by atoms with Gasteiger partial charge in [0.15, 0.2) is 0 Å². The smallest absolute Gasteiger partial charge is 0.0641 e. The van der Waals surface area contributed by atoms with Gasteiger partial charge in [-0.15, -0.1) is 0 Å². The molecule has 0 aliphatic rings. The maximum absolute atomic E-state index is 5.82. The number of aryl methyl sites for hydroxylation is 1. The Morgan fingerprint density at radius 1 is 1.45 bits per heavy atom. The number of nitrogen functional groups attached to an aromatic ring is 1. The van der Waals surface area contributed by atoms with Crippen LogP contribution < -0.4 is 11.5 Å². The Morgan fingerprint density at radius 3 is 2.64 bits per heavy atom. The summed E-state index contributed by atoms with van der Waals surface area (Å²) in [4.78, 5) is 0. The molecule has 3 heteroatoms. The lowest BCUT2D eigenvalue weighted by Crippen LogP contribution is -2.02. The van der Waals surface area contributed by atoms with Crippen LogP contribution in [-0.4, -0.2) is 0 Å². The summed E-state index contributed by atoms with van der Waals surface area (Å²) in [5.41, 5.74) is 13.7. The molecule has 60 valence electrons. The SMILES string of the molecule is Cc1cc(Cl)c(N)c(CN)c1. The number of rotatable bonds is 1. The molecule has 0 heterocycles. The normalized spacial score (nSPS) is 10.1. The van der Waals surface area contributed by atoms with E-state index < -0.39 is 0 Å². The fraction of sp³-hybridized carbons (Fsp3) is 0.250. The van der Waals surface area contributed by atoms with Crippen molar-refractivity contribution >= 4 is 17.3 Å². The van der Waals surface area contributed by atoms with Gasteiger partial charge in [-0.2, -0.15) is 0 Å². The summed E-state index contributed by atoms with van der Waals surface area (Å²) in [7, 11) is 0. The molecular weight excluding hydrogens is 160 g/mol. The monoisotopic (exact) mass is 170 g/mol. The van der Waals surface area contributed by atoms with Gasteiger partial charge in [-0.3, -0.25) is 0 Å². The predicted molar refractivity (Wildman–Crippen MR) is 48.5 cm³/mol. The summed E-state index contributed by atoms with van der Waals surface area (Å²) >= 11 is 5.82. The Morgan fingerprint density at radius 2 is 2.09 bits per heavy atom. The average molecular weight is 171 g/mol. The van der Waals surface area contributed by atoms with Crippen LogP contribution >= 0.6 is 11.6 Å². The largest absolute Gasteiger partial charge is 0.397 e. The van der Waals surface area contributed by atoms with Crippen LogP contribution in [0.15, 0.2) is 12.1 Å². The van der Waals surface area contributed by atoms with Gasteiger partial charge in [0.05, 0.1) is 10.7 Å². The maximum atomic E-state index is 5.82. The molecule has 2 nitrogen and oxygen atoms in total. The van der Waals surface area contributed by atoms with Crippen molar-refractivity contribution in [3.8, 4) is 0 Å². The van der Waals surface area contributed by atoms with Crippen LogP contribution in [0.3, 0.4) is 0 Å². The summed E-state index contributed by atoms with van der Waals surface area (Å²) in [5.74, 6) is 0. The second kappa shape index (κ2) is 3.11. The Bertz CT molecular complexity index is 271. The summed E-state index contributed by atoms with van der Waals surface area (Å²) < 4.78 is 0. The molecule has 1 aromatic rings. The third-order valence-corrected chi connectivity index (χ3v) is 1.89. The van der Waals surface area contributed by atoms with Gasteiger partial charge in [0, 0.05) is 6.54 Å². The van der Waals surface area contributed by atoms with Crippen LogP contribution in [0.1, 0.15) is 11.1 Å². The summed E-state index contributed by atoms with van der Waals surface area (Å²) in [6.07, 6.45) is 0. The molecule has 0 atom stereocenters. The second-order valence-electron chi connectivity index (χ2n) is 2.52. The van der Waals surface area contributed by atoms with Gasteiger partial charge in [0.2, 0.25) is 0 Å². The first-order chi connectivity index (χ1) is 5.15. The summed E-state index contributed by atoms with van der Waals surface area (Å²) in [5, 5.41) is 0.588. The molecule has 4 N–H and O–H groups in total. The van der Waals surface area contributed by atoms with Crippen molar-refractivity contribution in [3.63, 3.8) is 0 Å². The molecule has 0 saturated heterocycles. The van der Waals surface area contributed by atoms with Crippen LogP contribution in [0.25, 0.3) is 0 Å². The average Bonchev–Trinajstić information content (AvgIpc) is 1.96. The number of benzene rings is 1. The van der Waals surface area contributed by atoms with E-state index in [0.29, 0.717) is 17.3 Å². The van der Waals surface area contributed by atoms with E-state index in [0.717, 1.165) is 11.1 Å². The molecule has 0 fully saturated rings. The Balaban J connectivity index is 3.24. The number of hydrogen-bond donors (Lipinski definition) is 2. The minimum atomic E-state index is 0.438. The lowest BCUT2D eigenvalue weighted by atomic mass is 10.1. The van der Waals surface area contributed by atoms with Crippen LogP contribution in [0.2, 0.25) is 5.02 Å². The third-order valence-electron chi connectivity index (χ3n) is 1.58. The van der Waals surface area contributed by atoms with Gasteiger partial charge in [-0.05, 0) is 24.1 Å². The Labute approximate surface area is 71.1 Å². The van der Waals surface area contributed by atoms with Crippen molar-refractivity contribution in [1.82, 2.24) is 0 Å². The van der Waals surface area contributed by atoms with Crippen molar-refractivity contribution in [3.05, 3.63) is 28.3 Å². The summed E-state index contributed by atoms with van der Waals surface area (Å²) in [6.45, 7) is 2.40. The third kappa shape index (κ3) is 1.64. The quantitative estimate of drug-likeness (QED) is 0.631. The van der Waals surface area contributed by atoms with Crippen molar-refractivity contribution in [1.29, 1.82) is 0 Å². The van der Waals surface area contributed by atoms with Gasteiger partial charge in [-0.1, -0.05) is 17.7 Å². The van der Waals surface area contributed by atoms with Gasteiger partial charge >= 0.3 is 0 Å². The molecular formula is C8H11ClN2. The molecule has 1 rings (SSSR count). The molecule has 0 amide bonds. The Hall–Kier alpha value is -0.730. The minimum Gasteiger partial charge on any atom is -0.397 e. The molecule has 0 spiro atoms. The van der Waals surface area contributed by atoms with Gasteiger partial charge < -0.3 is 11.5 Å². The van der Waals surface area contributed by atoms with Crippen molar-refractivity contribution in [2.24, 2.45) is 5.73 Å².